The Morgan fingerprint density at radius 2 is 1.93 bits per heavy atom. The van der Waals surface area contributed by atoms with Crippen LogP contribution in [0.1, 0.15) is 16.5 Å². The molecule has 0 saturated heterocycles. The van der Waals surface area contributed by atoms with Crippen LogP contribution in [0.25, 0.3) is 0 Å². The zero-order chi connectivity index (χ0) is 10.9. The highest BCUT2D eigenvalue weighted by Crippen LogP contribution is 2.38. The first-order valence-electron chi connectivity index (χ1n) is 3.79. The van der Waals surface area contributed by atoms with Gasteiger partial charge in [0.1, 0.15) is 0 Å². The summed E-state index contributed by atoms with van der Waals surface area (Å²) in [6, 6.07) is 4.35. The molecule has 1 rings (SSSR count). The van der Waals surface area contributed by atoms with Crippen molar-refractivity contribution in [2.24, 2.45) is 0 Å². The highest BCUT2D eigenvalue weighted by Gasteiger charge is 2.39. The largest absolute Gasteiger partial charge is 0.408 e. The summed E-state index contributed by atoms with van der Waals surface area (Å²) in [5.74, 6) is 0. The molecule has 5 heteroatoms. The Kier molecular flexibility index (Phi) is 3.48. The molecule has 0 aliphatic heterocycles. The van der Waals surface area contributed by atoms with Crippen LogP contribution in [0.3, 0.4) is 0 Å². The first-order valence-corrected chi connectivity index (χ1v) is 5.02. The molecule has 1 unspecified atom stereocenters. The van der Waals surface area contributed by atoms with Crippen molar-refractivity contribution in [1.82, 2.24) is 0 Å². The summed E-state index contributed by atoms with van der Waals surface area (Å²) in [6.45, 7) is 1.72. The fourth-order valence-electron chi connectivity index (χ4n) is 1.01. The van der Waals surface area contributed by atoms with Gasteiger partial charge in [-0.2, -0.15) is 13.2 Å². The molecule has 0 saturated carbocycles. The van der Waals surface area contributed by atoms with E-state index in [0.29, 0.717) is 0 Å². The van der Waals surface area contributed by atoms with Crippen molar-refractivity contribution in [3.8, 4) is 0 Å². The molecule has 78 valence electrons. The number of hydrogen-bond acceptors (Lipinski definition) is 0. The molecule has 1 aromatic carbocycles. The van der Waals surface area contributed by atoms with Crippen LogP contribution >= 0.6 is 27.5 Å². The van der Waals surface area contributed by atoms with Crippen LogP contribution in [0.15, 0.2) is 22.7 Å². The molecule has 0 spiro atoms. The lowest BCUT2D eigenvalue weighted by molar-refractivity contribution is -0.131. The molecule has 0 radical (unpaired) electrons. The van der Waals surface area contributed by atoms with Gasteiger partial charge in [-0.25, -0.2) is 0 Å². The monoisotopic (exact) mass is 286 g/mol. The minimum absolute atomic E-state index is 0.0693. The van der Waals surface area contributed by atoms with Crippen LogP contribution in [0, 0.1) is 6.92 Å². The van der Waals surface area contributed by atoms with Crippen molar-refractivity contribution in [3.63, 3.8) is 0 Å². The van der Waals surface area contributed by atoms with Gasteiger partial charge in [0.05, 0.1) is 0 Å². The lowest BCUT2D eigenvalue weighted by Crippen LogP contribution is -2.15. The third-order valence-electron chi connectivity index (χ3n) is 1.76. The maximum Gasteiger partial charge on any atom is 0.408 e. The molecule has 0 nitrogen and oxygen atoms in total. The van der Waals surface area contributed by atoms with Crippen molar-refractivity contribution in [2.75, 3.05) is 0 Å². The first kappa shape index (κ1) is 11.9. The summed E-state index contributed by atoms with van der Waals surface area (Å²) in [6.07, 6.45) is -4.40. The minimum Gasteiger partial charge on any atom is -0.169 e. The molecule has 0 bridgehead atoms. The van der Waals surface area contributed by atoms with Gasteiger partial charge in [-0.15, -0.1) is 11.6 Å². The van der Waals surface area contributed by atoms with E-state index in [1.165, 1.54) is 12.1 Å². The van der Waals surface area contributed by atoms with Crippen LogP contribution < -0.4 is 0 Å². The smallest absolute Gasteiger partial charge is 0.169 e. The van der Waals surface area contributed by atoms with E-state index in [-0.39, 0.29) is 5.56 Å². The number of rotatable bonds is 1. The topological polar surface area (TPSA) is 0 Å². The van der Waals surface area contributed by atoms with Crippen molar-refractivity contribution < 1.29 is 13.2 Å². The van der Waals surface area contributed by atoms with Crippen LogP contribution in [0.4, 0.5) is 13.2 Å². The molecule has 1 aromatic rings. The number of aryl methyl sites for hydroxylation is 1. The standard InChI is InChI=1S/C9H7BrClF3/c1-5-4-6(2-3-7(5)10)8(11)9(12,13)14/h2-4,8H,1H3. The minimum atomic E-state index is -4.40. The molecule has 0 heterocycles. The van der Waals surface area contributed by atoms with Gasteiger partial charge >= 0.3 is 6.18 Å². The number of alkyl halides is 4. The van der Waals surface area contributed by atoms with Crippen molar-refractivity contribution in [1.29, 1.82) is 0 Å². The molecule has 0 fully saturated rings. The maximum absolute atomic E-state index is 12.2. The molecule has 0 N–H and O–H groups in total. The molecule has 0 aliphatic carbocycles. The molecular formula is C9H7BrClF3. The highest BCUT2D eigenvalue weighted by atomic mass is 79.9. The first-order chi connectivity index (χ1) is 6.32. The zero-order valence-electron chi connectivity index (χ0n) is 7.20. The van der Waals surface area contributed by atoms with E-state index in [9.17, 15) is 13.2 Å². The summed E-state index contributed by atoms with van der Waals surface area (Å²) < 4.78 is 37.4. The van der Waals surface area contributed by atoms with Crippen LogP contribution in [0.2, 0.25) is 0 Å². The summed E-state index contributed by atoms with van der Waals surface area (Å²) >= 11 is 8.47. The Morgan fingerprint density at radius 3 is 2.36 bits per heavy atom. The Balaban J connectivity index is 3.03. The predicted octanol–water partition coefficient (Wildman–Crippen LogP) is 4.60. The van der Waals surface area contributed by atoms with Crippen molar-refractivity contribution in [3.05, 3.63) is 33.8 Å². The zero-order valence-corrected chi connectivity index (χ0v) is 9.54. The highest BCUT2D eigenvalue weighted by molar-refractivity contribution is 9.10. The Labute approximate surface area is 93.2 Å². The Morgan fingerprint density at radius 1 is 1.36 bits per heavy atom. The van der Waals surface area contributed by atoms with E-state index in [4.69, 9.17) is 11.6 Å². The molecule has 1 atom stereocenters. The number of halogens is 5. The number of hydrogen-bond donors (Lipinski definition) is 0. The van der Waals surface area contributed by atoms with E-state index in [1.54, 1.807) is 13.0 Å². The molecule has 0 aromatic heterocycles. The predicted molar refractivity (Wildman–Crippen MR) is 53.5 cm³/mol. The lowest BCUT2D eigenvalue weighted by Gasteiger charge is -2.14. The lowest BCUT2D eigenvalue weighted by atomic mass is 10.1. The van der Waals surface area contributed by atoms with Crippen LogP contribution in [-0.2, 0) is 0 Å². The van der Waals surface area contributed by atoms with Crippen molar-refractivity contribution >= 4 is 27.5 Å². The fourth-order valence-corrected chi connectivity index (χ4v) is 1.40. The fraction of sp³-hybridized carbons (Fsp3) is 0.333. The van der Waals surface area contributed by atoms with E-state index < -0.39 is 11.6 Å². The summed E-state index contributed by atoms with van der Waals surface area (Å²) in [7, 11) is 0. The number of benzene rings is 1. The Hall–Kier alpha value is -0.220. The Bertz CT molecular complexity index is 335. The summed E-state index contributed by atoms with van der Waals surface area (Å²) in [5, 5.41) is -1.94. The van der Waals surface area contributed by atoms with E-state index in [0.717, 1.165) is 10.0 Å². The van der Waals surface area contributed by atoms with Gasteiger partial charge in [0.2, 0.25) is 0 Å². The second-order valence-corrected chi connectivity index (χ2v) is 4.20. The van der Waals surface area contributed by atoms with Gasteiger partial charge in [0.15, 0.2) is 5.38 Å². The molecule has 14 heavy (non-hydrogen) atoms. The van der Waals surface area contributed by atoms with Gasteiger partial charge in [0.25, 0.3) is 0 Å². The molecular weight excluding hydrogens is 280 g/mol. The summed E-state index contributed by atoms with van der Waals surface area (Å²) in [4.78, 5) is 0. The third-order valence-corrected chi connectivity index (χ3v) is 3.15. The summed E-state index contributed by atoms with van der Waals surface area (Å²) in [5.41, 5.74) is 0.803. The molecule has 0 aliphatic rings. The quantitative estimate of drug-likeness (QED) is 0.662. The normalized spacial score (nSPS) is 14.1. The van der Waals surface area contributed by atoms with Gasteiger partial charge in [-0.05, 0) is 24.1 Å². The van der Waals surface area contributed by atoms with Crippen LogP contribution in [0.5, 0.6) is 0 Å². The SMILES string of the molecule is Cc1cc(C(Cl)C(F)(F)F)ccc1Br. The van der Waals surface area contributed by atoms with Crippen molar-refractivity contribution in [2.45, 2.75) is 18.5 Å². The van der Waals surface area contributed by atoms with E-state index in [1.807, 2.05) is 0 Å². The second-order valence-electron chi connectivity index (χ2n) is 2.91. The van der Waals surface area contributed by atoms with E-state index >= 15 is 0 Å². The van der Waals surface area contributed by atoms with Gasteiger partial charge in [-0.3, -0.25) is 0 Å². The molecule has 0 amide bonds. The van der Waals surface area contributed by atoms with Gasteiger partial charge < -0.3 is 0 Å². The maximum atomic E-state index is 12.2. The second kappa shape index (κ2) is 4.11. The van der Waals surface area contributed by atoms with Gasteiger partial charge in [-0.1, -0.05) is 28.1 Å². The average Bonchev–Trinajstić information content (AvgIpc) is 2.07. The van der Waals surface area contributed by atoms with E-state index in [2.05, 4.69) is 15.9 Å². The van der Waals surface area contributed by atoms with Gasteiger partial charge in [0, 0.05) is 4.47 Å². The average molecular weight is 288 g/mol. The third kappa shape index (κ3) is 2.64. The van der Waals surface area contributed by atoms with Crippen LogP contribution in [-0.4, -0.2) is 6.18 Å².